The highest BCUT2D eigenvalue weighted by Gasteiger charge is 2.30. The number of carbonyl (C=O) groups excluding carboxylic acids is 1. The molecular weight excluding hydrogens is 358 g/mol. The van der Waals surface area contributed by atoms with Crippen molar-refractivity contribution in [1.82, 2.24) is 0 Å². The van der Waals surface area contributed by atoms with Gasteiger partial charge in [0.05, 0.1) is 19.1 Å². The van der Waals surface area contributed by atoms with Crippen LogP contribution in [0.2, 0.25) is 0 Å². The Hall–Kier alpha value is -3.25. The van der Waals surface area contributed by atoms with Gasteiger partial charge in [0.15, 0.2) is 0 Å². The molecule has 0 N–H and O–H groups in total. The third-order valence-corrected chi connectivity index (χ3v) is 5.29. The fraction of sp³-hybridized carbons (Fsp3) is 0.269. The number of methoxy groups -OCH3 is 1. The quantitative estimate of drug-likeness (QED) is 0.448. The average Bonchev–Trinajstić information content (AvgIpc) is 2.76. The SMILES string of the molecule is CCN(CC#Cc1ccc(C(C)(C)C(=O)OC)cc1)c1cccc2ccccc12. The molecule has 0 radical (unpaired) electrons. The van der Waals surface area contributed by atoms with Gasteiger partial charge in [-0.2, -0.15) is 0 Å². The van der Waals surface area contributed by atoms with Gasteiger partial charge in [0.2, 0.25) is 0 Å². The predicted molar refractivity (Wildman–Crippen MR) is 120 cm³/mol. The summed E-state index contributed by atoms with van der Waals surface area (Å²) in [6.45, 7) is 7.41. The van der Waals surface area contributed by atoms with E-state index in [1.807, 2.05) is 38.1 Å². The van der Waals surface area contributed by atoms with Crippen molar-refractivity contribution in [3.05, 3.63) is 77.9 Å². The smallest absolute Gasteiger partial charge is 0.315 e. The number of anilines is 1. The Morgan fingerprint density at radius 2 is 1.69 bits per heavy atom. The first-order valence-electron chi connectivity index (χ1n) is 9.88. The molecule has 0 spiro atoms. The third-order valence-electron chi connectivity index (χ3n) is 5.29. The van der Waals surface area contributed by atoms with E-state index >= 15 is 0 Å². The van der Waals surface area contributed by atoms with Crippen molar-refractivity contribution in [3.63, 3.8) is 0 Å². The van der Waals surface area contributed by atoms with Crippen LogP contribution in [0, 0.1) is 11.8 Å². The van der Waals surface area contributed by atoms with Gasteiger partial charge in [0.25, 0.3) is 0 Å². The highest BCUT2D eigenvalue weighted by Crippen LogP contribution is 2.27. The van der Waals surface area contributed by atoms with Gasteiger partial charge in [0.1, 0.15) is 0 Å². The summed E-state index contributed by atoms with van der Waals surface area (Å²) in [7, 11) is 1.42. The molecule has 0 saturated heterocycles. The summed E-state index contributed by atoms with van der Waals surface area (Å²) in [4.78, 5) is 14.3. The van der Waals surface area contributed by atoms with Crippen LogP contribution in [0.3, 0.4) is 0 Å². The van der Waals surface area contributed by atoms with E-state index in [0.717, 1.165) is 17.7 Å². The zero-order valence-corrected chi connectivity index (χ0v) is 17.5. The molecule has 0 amide bonds. The molecule has 3 rings (SSSR count). The van der Waals surface area contributed by atoms with Crippen molar-refractivity contribution in [2.75, 3.05) is 25.1 Å². The minimum Gasteiger partial charge on any atom is -0.468 e. The molecule has 3 nitrogen and oxygen atoms in total. The molecule has 0 heterocycles. The van der Waals surface area contributed by atoms with Crippen LogP contribution in [0.1, 0.15) is 31.9 Å². The zero-order valence-electron chi connectivity index (χ0n) is 17.5. The first kappa shape index (κ1) is 20.5. The molecule has 0 atom stereocenters. The molecule has 0 aliphatic heterocycles. The van der Waals surface area contributed by atoms with Crippen LogP contribution in [0.4, 0.5) is 5.69 Å². The Labute approximate surface area is 173 Å². The molecule has 0 unspecified atom stereocenters. The van der Waals surface area contributed by atoms with E-state index in [1.165, 1.54) is 23.6 Å². The Bertz CT molecular complexity index is 1050. The van der Waals surface area contributed by atoms with Crippen LogP contribution in [0.5, 0.6) is 0 Å². The van der Waals surface area contributed by atoms with E-state index in [1.54, 1.807) is 0 Å². The number of carbonyl (C=O) groups is 1. The first-order chi connectivity index (χ1) is 14.0. The number of rotatable bonds is 5. The lowest BCUT2D eigenvalue weighted by atomic mass is 9.84. The van der Waals surface area contributed by atoms with Crippen molar-refractivity contribution in [2.24, 2.45) is 0 Å². The number of fused-ring (bicyclic) bond motifs is 1. The molecule has 29 heavy (non-hydrogen) atoms. The second kappa shape index (κ2) is 8.84. The van der Waals surface area contributed by atoms with Crippen LogP contribution >= 0.6 is 0 Å². The van der Waals surface area contributed by atoms with Crippen molar-refractivity contribution >= 4 is 22.4 Å². The lowest BCUT2D eigenvalue weighted by Gasteiger charge is -2.22. The standard InChI is InChI=1S/C26H27NO2/c1-5-27(24-14-8-12-21-11-6-7-13-23(21)24)19-9-10-20-15-17-22(18-16-20)26(2,3)25(28)29-4/h6-8,11-18H,5,19H2,1-4H3. The second-order valence-corrected chi connectivity index (χ2v) is 7.51. The number of ether oxygens (including phenoxy) is 1. The summed E-state index contributed by atoms with van der Waals surface area (Å²) in [6.07, 6.45) is 0. The summed E-state index contributed by atoms with van der Waals surface area (Å²) < 4.78 is 4.90. The van der Waals surface area contributed by atoms with Crippen LogP contribution < -0.4 is 4.90 Å². The number of hydrogen-bond donors (Lipinski definition) is 0. The normalized spacial score (nSPS) is 10.9. The van der Waals surface area contributed by atoms with Crippen LogP contribution in [0.25, 0.3) is 10.8 Å². The van der Waals surface area contributed by atoms with Gasteiger partial charge in [-0.05, 0) is 49.9 Å². The highest BCUT2D eigenvalue weighted by molar-refractivity contribution is 5.94. The lowest BCUT2D eigenvalue weighted by Crippen LogP contribution is -2.30. The lowest BCUT2D eigenvalue weighted by molar-refractivity contribution is -0.146. The number of esters is 1. The highest BCUT2D eigenvalue weighted by atomic mass is 16.5. The molecule has 0 aliphatic rings. The first-order valence-corrected chi connectivity index (χ1v) is 9.88. The molecule has 148 valence electrons. The topological polar surface area (TPSA) is 29.5 Å². The van der Waals surface area contributed by atoms with Gasteiger partial charge in [-0.3, -0.25) is 4.79 Å². The van der Waals surface area contributed by atoms with Crippen molar-refractivity contribution < 1.29 is 9.53 Å². The largest absolute Gasteiger partial charge is 0.468 e. The number of nitrogens with zero attached hydrogens (tertiary/aromatic N) is 1. The summed E-state index contributed by atoms with van der Waals surface area (Å²) in [5.74, 6) is 6.29. The maximum atomic E-state index is 12.0. The monoisotopic (exact) mass is 385 g/mol. The Kier molecular flexibility index (Phi) is 6.24. The summed E-state index contributed by atoms with van der Waals surface area (Å²) in [5, 5.41) is 2.48. The molecule has 0 bridgehead atoms. The number of hydrogen-bond acceptors (Lipinski definition) is 3. The van der Waals surface area contributed by atoms with E-state index in [2.05, 4.69) is 66.1 Å². The van der Waals surface area contributed by atoms with Gasteiger partial charge in [-0.1, -0.05) is 60.4 Å². The van der Waals surface area contributed by atoms with E-state index in [4.69, 9.17) is 4.74 Å². The second-order valence-electron chi connectivity index (χ2n) is 7.51. The van der Waals surface area contributed by atoms with Gasteiger partial charge >= 0.3 is 5.97 Å². The summed E-state index contributed by atoms with van der Waals surface area (Å²) in [5.41, 5.74) is 2.38. The molecule has 3 aromatic rings. The fourth-order valence-corrected chi connectivity index (χ4v) is 3.43. The summed E-state index contributed by atoms with van der Waals surface area (Å²) >= 11 is 0. The minimum atomic E-state index is -0.673. The van der Waals surface area contributed by atoms with Gasteiger partial charge < -0.3 is 9.64 Å². The minimum absolute atomic E-state index is 0.245. The fourth-order valence-electron chi connectivity index (χ4n) is 3.43. The van der Waals surface area contributed by atoms with Gasteiger partial charge in [0, 0.05) is 23.2 Å². The van der Waals surface area contributed by atoms with Crippen molar-refractivity contribution in [2.45, 2.75) is 26.2 Å². The van der Waals surface area contributed by atoms with E-state index < -0.39 is 5.41 Å². The Morgan fingerprint density at radius 1 is 1.00 bits per heavy atom. The van der Waals surface area contributed by atoms with Crippen molar-refractivity contribution in [3.8, 4) is 11.8 Å². The molecular formula is C26H27NO2. The maximum absolute atomic E-state index is 12.0. The van der Waals surface area contributed by atoms with E-state index in [-0.39, 0.29) is 5.97 Å². The van der Waals surface area contributed by atoms with Crippen molar-refractivity contribution in [1.29, 1.82) is 0 Å². The average molecular weight is 386 g/mol. The molecule has 0 fully saturated rings. The van der Waals surface area contributed by atoms with Crippen LogP contribution in [-0.4, -0.2) is 26.2 Å². The molecule has 0 aliphatic carbocycles. The van der Waals surface area contributed by atoms with E-state index in [9.17, 15) is 4.79 Å². The maximum Gasteiger partial charge on any atom is 0.315 e. The predicted octanol–water partition coefficient (Wildman–Crippen LogP) is 5.17. The third kappa shape index (κ3) is 4.43. The van der Waals surface area contributed by atoms with Crippen LogP contribution in [-0.2, 0) is 14.9 Å². The Balaban J connectivity index is 1.77. The molecule has 3 aromatic carbocycles. The van der Waals surface area contributed by atoms with Crippen LogP contribution in [0.15, 0.2) is 66.7 Å². The zero-order chi connectivity index (χ0) is 20.9. The van der Waals surface area contributed by atoms with Gasteiger partial charge in [-0.15, -0.1) is 0 Å². The summed E-state index contributed by atoms with van der Waals surface area (Å²) in [6, 6.07) is 22.6. The molecule has 0 aromatic heterocycles. The molecule has 3 heteroatoms. The number of benzene rings is 3. The van der Waals surface area contributed by atoms with E-state index in [0.29, 0.717) is 6.54 Å². The Morgan fingerprint density at radius 3 is 2.38 bits per heavy atom. The van der Waals surface area contributed by atoms with Gasteiger partial charge in [-0.25, -0.2) is 0 Å². The molecule has 0 saturated carbocycles.